The van der Waals surface area contributed by atoms with E-state index in [1.807, 2.05) is 0 Å². The highest BCUT2D eigenvalue weighted by molar-refractivity contribution is 7.90. The molecule has 0 spiro atoms. The van der Waals surface area contributed by atoms with Crippen molar-refractivity contribution in [2.24, 2.45) is 5.73 Å². The van der Waals surface area contributed by atoms with Crippen LogP contribution in [-0.2, 0) is 9.84 Å². The Balaban J connectivity index is 3.75. The first-order valence-electron chi connectivity index (χ1n) is 2.50. The quantitative estimate of drug-likeness (QED) is 0.509. The average molecular weight is 153 g/mol. The van der Waals surface area contributed by atoms with Crippen LogP contribution in [0.1, 0.15) is 0 Å². The van der Waals surface area contributed by atoms with Gasteiger partial charge in [-0.05, 0) is 0 Å². The predicted octanol–water partition coefficient (Wildman–Crippen LogP) is -1.65. The maximum atomic E-state index is 10.4. The summed E-state index contributed by atoms with van der Waals surface area (Å²) in [6.45, 7) is -0.285. The summed E-state index contributed by atoms with van der Waals surface area (Å²) in [4.78, 5) is 0. The summed E-state index contributed by atoms with van der Waals surface area (Å²) in [5.41, 5.74) is 5.13. The molecule has 56 valence electrons. The fourth-order valence-corrected chi connectivity index (χ4v) is 1.32. The lowest BCUT2D eigenvalue weighted by atomic mass is 10.4. The molecule has 0 radical (unpaired) electrons. The number of nitrogens with two attached hydrogens (primary N) is 1. The standard InChI is InChI=1S/C4H11NO3S/c1-9(7,8)3-4(5)2-6/h4,6H,2-3,5H2,1H3/t4-/m0/s1. The highest BCUT2D eigenvalue weighted by Crippen LogP contribution is 1.85. The molecule has 0 aromatic rings. The van der Waals surface area contributed by atoms with Crippen molar-refractivity contribution >= 4 is 9.84 Å². The van der Waals surface area contributed by atoms with Gasteiger partial charge in [0.2, 0.25) is 0 Å². The molecule has 4 nitrogen and oxygen atoms in total. The third-order valence-electron chi connectivity index (χ3n) is 0.751. The fraction of sp³-hybridized carbons (Fsp3) is 1.00. The molecule has 0 bridgehead atoms. The van der Waals surface area contributed by atoms with E-state index in [0.717, 1.165) is 6.26 Å². The van der Waals surface area contributed by atoms with Crippen LogP contribution in [0, 0.1) is 0 Å². The highest BCUT2D eigenvalue weighted by atomic mass is 32.2. The van der Waals surface area contributed by atoms with E-state index in [0.29, 0.717) is 0 Å². The zero-order valence-electron chi connectivity index (χ0n) is 5.24. The smallest absolute Gasteiger partial charge is 0.149 e. The van der Waals surface area contributed by atoms with E-state index in [1.54, 1.807) is 0 Å². The van der Waals surface area contributed by atoms with Crippen LogP contribution >= 0.6 is 0 Å². The number of hydrogen-bond acceptors (Lipinski definition) is 4. The highest BCUT2D eigenvalue weighted by Gasteiger charge is 2.08. The predicted molar refractivity (Wildman–Crippen MR) is 34.8 cm³/mol. The van der Waals surface area contributed by atoms with Crippen LogP contribution in [0.3, 0.4) is 0 Å². The monoisotopic (exact) mass is 153 g/mol. The van der Waals surface area contributed by atoms with Crippen LogP contribution in [0.5, 0.6) is 0 Å². The minimum Gasteiger partial charge on any atom is -0.395 e. The van der Waals surface area contributed by atoms with Gasteiger partial charge in [0.25, 0.3) is 0 Å². The first kappa shape index (κ1) is 8.87. The molecule has 0 saturated heterocycles. The Kier molecular flexibility index (Phi) is 3.10. The van der Waals surface area contributed by atoms with Gasteiger partial charge in [0.1, 0.15) is 9.84 Å². The largest absolute Gasteiger partial charge is 0.395 e. The molecule has 1 atom stereocenters. The van der Waals surface area contributed by atoms with Crippen molar-refractivity contribution < 1.29 is 13.5 Å². The first-order valence-corrected chi connectivity index (χ1v) is 4.56. The molecular weight excluding hydrogens is 142 g/mol. The first-order chi connectivity index (χ1) is 3.95. The Morgan fingerprint density at radius 1 is 1.67 bits per heavy atom. The molecule has 0 aliphatic heterocycles. The van der Waals surface area contributed by atoms with Crippen LogP contribution < -0.4 is 5.73 Å². The Hall–Kier alpha value is -0.130. The molecule has 5 heteroatoms. The molecule has 0 amide bonds. The van der Waals surface area contributed by atoms with Gasteiger partial charge in [0.05, 0.1) is 12.4 Å². The van der Waals surface area contributed by atoms with Gasteiger partial charge in [-0.25, -0.2) is 8.42 Å². The Bertz CT molecular complexity index is 163. The summed E-state index contributed by atoms with van der Waals surface area (Å²) in [6.07, 6.45) is 1.09. The SMILES string of the molecule is CS(=O)(=O)C[C@@H](N)CO. The Morgan fingerprint density at radius 3 is 2.22 bits per heavy atom. The minimum absolute atomic E-state index is 0.149. The second-order valence-corrected chi connectivity index (χ2v) is 4.22. The van der Waals surface area contributed by atoms with E-state index in [2.05, 4.69) is 0 Å². The molecule has 0 aromatic heterocycles. The van der Waals surface area contributed by atoms with Gasteiger partial charge in [-0.3, -0.25) is 0 Å². The number of aliphatic hydroxyl groups is 1. The summed E-state index contributed by atoms with van der Waals surface area (Å²) in [5.74, 6) is -0.149. The summed E-state index contributed by atoms with van der Waals surface area (Å²) in [7, 11) is -3.02. The zero-order chi connectivity index (χ0) is 7.49. The summed E-state index contributed by atoms with van der Waals surface area (Å²) < 4.78 is 20.8. The van der Waals surface area contributed by atoms with Crippen molar-refractivity contribution in [1.82, 2.24) is 0 Å². The molecule has 0 heterocycles. The van der Waals surface area contributed by atoms with Crippen LogP contribution in [0.15, 0.2) is 0 Å². The average Bonchev–Trinajstić information content (AvgIpc) is 1.62. The van der Waals surface area contributed by atoms with Gasteiger partial charge in [-0.1, -0.05) is 0 Å². The van der Waals surface area contributed by atoms with Crippen molar-refractivity contribution in [3.05, 3.63) is 0 Å². The zero-order valence-corrected chi connectivity index (χ0v) is 6.06. The van der Waals surface area contributed by atoms with Crippen molar-refractivity contribution in [2.75, 3.05) is 18.6 Å². The fourth-order valence-electron chi connectivity index (χ4n) is 0.442. The van der Waals surface area contributed by atoms with Crippen molar-refractivity contribution in [1.29, 1.82) is 0 Å². The number of sulfone groups is 1. The van der Waals surface area contributed by atoms with E-state index >= 15 is 0 Å². The van der Waals surface area contributed by atoms with Crippen molar-refractivity contribution in [3.8, 4) is 0 Å². The van der Waals surface area contributed by atoms with Crippen LogP contribution in [0.2, 0.25) is 0 Å². The van der Waals surface area contributed by atoms with E-state index in [4.69, 9.17) is 10.8 Å². The van der Waals surface area contributed by atoms with E-state index in [1.165, 1.54) is 0 Å². The van der Waals surface area contributed by atoms with Gasteiger partial charge < -0.3 is 10.8 Å². The molecule has 0 aliphatic carbocycles. The number of aliphatic hydroxyl groups excluding tert-OH is 1. The maximum absolute atomic E-state index is 10.4. The second kappa shape index (κ2) is 3.14. The molecule has 9 heavy (non-hydrogen) atoms. The maximum Gasteiger partial charge on any atom is 0.149 e. The molecular formula is C4H11NO3S. The van der Waals surface area contributed by atoms with Crippen molar-refractivity contribution in [3.63, 3.8) is 0 Å². The summed E-state index contributed by atoms with van der Waals surface area (Å²) in [6, 6.07) is -0.639. The van der Waals surface area contributed by atoms with E-state index < -0.39 is 15.9 Å². The molecule has 0 rings (SSSR count). The van der Waals surface area contributed by atoms with Gasteiger partial charge in [0.15, 0.2) is 0 Å². The summed E-state index contributed by atoms with van der Waals surface area (Å²) >= 11 is 0. The van der Waals surface area contributed by atoms with E-state index in [-0.39, 0.29) is 12.4 Å². The van der Waals surface area contributed by atoms with Gasteiger partial charge in [-0.2, -0.15) is 0 Å². The molecule has 3 N–H and O–H groups in total. The molecule has 0 saturated carbocycles. The van der Waals surface area contributed by atoms with Crippen LogP contribution in [0.4, 0.5) is 0 Å². The summed E-state index contributed by atoms with van der Waals surface area (Å²) in [5, 5.41) is 8.31. The normalized spacial score (nSPS) is 15.4. The van der Waals surface area contributed by atoms with Crippen LogP contribution in [0.25, 0.3) is 0 Å². The lowest BCUT2D eigenvalue weighted by Crippen LogP contribution is -2.32. The number of hydrogen-bond donors (Lipinski definition) is 2. The van der Waals surface area contributed by atoms with Crippen molar-refractivity contribution in [2.45, 2.75) is 6.04 Å². The second-order valence-electron chi connectivity index (χ2n) is 2.04. The number of rotatable bonds is 3. The Morgan fingerprint density at radius 2 is 2.11 bits per heavy atom. The third-order valence-corrected chi connectivity index (χ3v) is 1.78. The van der Waals surface area contributed by atoms with Crippen LogP contribution in [-0.4, -0.2) is 38.2 Å². The molecule has 0 unspecified atom stereocenters. The lowest BCUT2D eigenvalue weighted by molar-refractivity contribution is 0.274. The molecule has 0 aromatic carbocycles. The van der Waals surface area contributed by atoms with Gasteiger partial charge >= 0.3 is 0 Å². The van der Waals surface area contributed by atoms with Gasteiger partial charge in [0, 0.05) is 12.3 Å². The third kappa shape index (κ3) is 5.75. The molecule has 0 aliphatic rings. The topological polar surface area (TPSA) is 80.4 Å². The Labute approximate surface area is 54.6 Å². The van der Waals surface area contributed by atoms with Gasteiger partial charge in [-0.15, -0.1) is 0 Å². The molecule has 0 fully saturated rings. The minimum atomic E-state index is -3.02. The lowest BCUT2D eigenvalue weighted by Gasteiger charge is -2.03. The van der Waals surface area contributed by atoms with E-state index in [9.17, 15) is 8.42 Å².